The number of ether oxygens (including phenoxy) is 1. The first kappa shape index (κ1) is 53.4. The van der Waals surface area contributed by atoms with Crippen LogP contribution < -0.4 is 10.6 Å². The van der Waals surface area contributed by atoms with Gasteiger partial charge in [-0.15, -0.1) is 4.99 Å². The van der Waals surface area contributed by atoms with Gasteiger partial charge in [-0.3, -0.25) is 14.4 Å². The van der Waals surface area contributed by atoms with Gasteiger partial charge in [0, 0.05) is 69.8 Å². The van der Waals surface area contributed by atoms with Crippen LogP contribution in [0.2, 0.25) is 0 Å². The Hall–Kier alpha value is -5.44. The Bertz CT molecular complexity index is 2550. The van der Waals surface area contributed by atoms with Crippen molar-refractivity contribution in [1.82, 2.24) is 20.2 Å². The van der Waals surface area contributed by atoms with Gasteiger partial charge in [0.15, 0.2) is 11.5 Å². The molecule has 0 unspecified atom stereocenters. The third kappa shape index (κ3) is 14.2. The number of imidazole rings is 1. The van der Waals surface area contributed by atoms with Crippen molar-refractivity contribution in [1.29, 1.82) is 0 Å². The van der Waals surface area contributed by atoms with Crippen LogP contribution in [0.25, 0.3) is 16.0 Å². The minimum atomic E-state index is -0.237. The van der Waals surface area contributed by atoms with E-state index in [9.17, 15) is 14.4 Å². The number of nitrogens with zero attached hydrogens (tertiary/aromatic N) is 4. The molecule has 4 aliphatic carbocycles. The van der Waals surface area contributed by atoms with Gasteiger partial charge < -0.3 is 30.1 Å². The second-order valence-electron chi connectivity index (χ2n) is 22.9. The van der Waals surface area contributed by atoms with Crippen molar-refractivity contribution in [2.24, 2.45) is 15.8 Å². The highest BCUT2D eigenvalue weighted by Gasteiger charge is 2.35. The van der Waals surface area contributed by atoms with Crippen LogP contribution >= 0.6 is 0 Å². The number of aromatic amines is 1. The zero-order valence-corrected chi connectivity index (χ0v) is 44.2. The van der Waals surface area contributed by atoms with Crippen molar-refractivity contribution in [3.05, 3.63) is 117 Å². The summed E-state index contributed by atoms with van der Waals surface area (Å²) in [5.74, 6) is 1.16. The summed E-state index contributed by atoms with van der Waals surface area (Å²) in [6, 6.07) is 13.9. The Balaban J connectivity index is 0.000000209. The molecule has 0 saturated heterocycles. The van der Waals surface area contributed by atoms with Gasteiger partial charge in [0.25, 0.3) is 11.7 Å². The molecule has 1 aliphatic heterocycles. The van der Waals surface area contributed by atoms with E-state index in [1.54, 1.807) is 38.4 Å². The molecule has 2 saturated carbocycles. The minimum Gasteiger partial charge on any atom is -0.385 e. The van der Waals surface area contributed by atoms with Crippen molar-refractivity contribution in [2.45, 2.75) is 174 Å². The fraction of sp³-hybridized carbons (Fsp3) is 0.567. The van der Waals surface area contributed by atoms with Gasteiger partial charge in [-0.05, 0) is 165 Å². The third-order valence-corrected chi connectivity index (χ3v) is 16.1. The number of carbonyl (C=O) groups is 3. The first-order valence-electron chi connectivity index (χ1n) is 26.6. The molecule has 380 valence electrons. The average Bonchev–Trinajstić information content (AvgIpc) is 4.04. The number of likely N-dealkylation sites (N-methyl/N-ethyl adjacent to an activating group) is 1. The van der Waals surface area contributed by atoms with Crippen molar-refractivity contribution in [3.63, 3.8) is 0 Å². The normalized spacial score (nSPS) is 21.3. The molecule has 0 bridgehead atoms. The number of hydrogen-bond acceptors (Lipinski definition) is 7. The number of aryl methyl sites for hydroxylation is 1. The summed E-state index contributed by atoms with van der Waals surface area (Å²) in [4.78, 5) is 54.5. The van der Waals surface area contributed by atoms with Crippen LogP contribution in [0.1, 0.15) is 193 Å². The lowest BCUT2D eigenvalue weighted by Crippen LogP contribution is -2.40. The van der Waals surface area contributed by atoms with Crippen LogP contribution in [0.5, 0.6) is 0 Å². The molecule has 0 radical (unpaired) electrons. The van der Waals surface area contributed by atoms with E-state index in [0.29, 0.717) is 53.7 Å². The van der Waals surface area contributed by atoms with Crippen LogP contribution in [0.3, 0.4) is 0 Å². The molecule has 71 heavy (non-hydrogen) atoms. The number of aliphatic imine (C=N–C) groups is 1. The number of carbonyl (C=O) groups excluding carboxylic acids is 3. The molecule has 2 amide bonds. The zero-order valence-electron chi connectivity index (χ0n) is 44.2. The molecule has 3 N–H and O–H groups in total. The van der Waals surface area contributed by atoms with Crippen LogP contribution in [0, 0.1) is 24.3 Å². The topological polar surface area (TPSA) is 133 Å². The van der Waals surface area contributed by atoms with Gasteiger partial charge in [0.05, 0.1) is 6.54 Å². The molecule has 0 atom stereocenters. The van der Waals surface area contributed by atoms with Gasteiger partial charge in [-0.1, -0.05) is 96.0 Å². The molecule has 1 aromatic heterocycles. The Labute approximate surface area is 424 Å². The SMILES string of the molecule is COCCCC1(c2ccc(CC(=O)c3ncc(C)[nH]3)c(C3=CCC(C)(C)CC3)c2)CCCCC1.[C-]#[N+]C1=CCC(C(=O)Nc2ccc(C3CCC(NCC(=O)N(C)C)CC3)cc2C2=CCC(C)(C)CC2)=N1. The number of benzene rings is 2. The van der Waals surface area contributed by atoms with E-state index in [2.05, 4.69) is 101 Å². The van der Waals surface area contributed by atoms with E-state index in [1.807, 2.05) is 13.0 Å². The van der Waals surface area contributed by atoms with E-state index in [0.717, 1.165) is 93.3 Å². The van der Waals surface area contributed by atoms with E-state index in [1.165, 1.54) is 72.8 Å². The number of Topliss-reactive ketones (excluding diaryl/α,β-unsaturated/α-hetero) is 1. The smallest absolute Gasteiger partial charge is 0.293 e. The van der Waals surface area contributed by atoms with E-state index >= 15 is 0 Å². The highest BCUT2D eigenvalue weighted by molar-refractivity contribution is 6.44. The molecule has 5 aliphatic rings. The summed E-state index contributed by atoms with van der Waals surface area (Å²) >= 11 is 0. The quantitative estimate of drug-likeness (QED) is 0.0744. The van der Waals surface area contributed by atoms with Gasteiger partial charge in [-0.2, -0.15) is 0 Å². The maximum atomic E-state index is 13.1. The molecule has 11 nitrogen and oxygen atoms in total. The van der Waals surface area contributed by atoms with E-state index < -0.39 is 0 Å². The number of H-pyrrole nitrogens is 1. The van der Waals surface area contributed by atoms with E-state index in [4.69, 9.17) is 11.3 Å². The lowest BCUT2D eigenvalue weighted by molar-refractivity contribution is -0.127. The maximum Gasteiger partial charge on any atom is 0.293 e. The van der Waals surface area contributed by atoms with Crippen LogP contribution in [-0.4, -0.2) is 78.6 Å². The maximum absolute atomic E-state index is 13.1. The summed E-state index contributed by atoms with van der Waals surface area (Å²) < 4.78 is 5.40. The Morgan fingerprint density at radius 2 is 1.56 bits per heavy atom. The summed E-state index contributed by atoms with van der Waals surface area (Å²) in [6.45, 7) is 19.6. The largest absolute Gasteiger partial charge is 0.385 e. The molecule has 0 spiro atoms. The molecule has 2 aromatic carbocycles. The number of ketones is 1. The van der Waals surface area contributed by atoms with Gasteiger partial charge in [0.1, 0.15) is 0 Å². The third-order valence-electron chi connectivity index (χ3n) is 16.1. The predicted octanol–water partition coefficient (Wildman–Crippen LogP) is 12.9. The minimum absolute atomic E-state index is 0.0614. The first-order chi connectivity index (χ1) is 34.0. The highest BCUT2D eigenvalue weighted by atomic mass is 16.5. The summed E-state index contributed by atoms with van der Waals surface area (Å²) in [7, 11) is 5.38. The number of nitrogens with one attached hydrogen (secondary N) is 3. The fourth-order valence-corrected chi connectivity index (χ4v) is 11.3. The highest BCUT2D eigenvalue weighted by Crippen LogP contribution is 2.46. The van der Waals surface area contributed by atoms with Crippen LogP contribution in [-0.2, 0) is 26.2 Å². The van der Waals surface area contributed by atoms with Crippen molar-refractivity contribution < 1.29 is 19.1 Å². The predicted molar refractivity (Wildman–Crippen MR) is 288 cm³/mol. The molecular formula is C60H81N7O4. The van der Waals surface area contributed by atoms with Crippen LogP contribution in [0.4, 0.5) is 5.69 Å². The molecule has 11 heteroatoms. The molecule has 8 rings (SSSR count). The van der Waals surface area contributed by atoms with Crippen molar-refractivity contribution >= 4 is 40.1 Å². The Morgan fingerprint density at radius 3 is 2.15 bits per heavy atom. The lowest BCUT2D eigenvalue weighted by atomic mass is 9.66. The average molecular weight is 964 g/mol. The number of anilines is 1. The number of methoxy groups -OCH3 is 1. The number of rotatable bonds is 16. The molecular weight excluding hydrogens is 883 g/mol. The van der Waals surface area contributed by atoms with Crippen LogP contribution in [0.15, 0.2) is 71.6 Å². The van der Waals surface area contributed by atoms with Gasteiger partial charge in [0.2, 0.25) is 11.7 Å². The Kier molecular flexibility index (Phi) is 17.9. The molecule has 2 heterocycles. The van der Waals surface area contributed by atoms with Gasteiger partial charge >= 0.3 is 0 Å². The lowest BCUT2D eigenvalue weighted by Gasteiger charge is -2.39. The van der Waals surface area contributed by atoms with Gasteiger partial charge in [-0.25, -0.2) is 4.98 Å². The zero-order chi connectivity index (χ0) is 50.8. The van der Waals surface area contributed by atoms with Crippen molar-refractivity contribution in [2.75, 3.05) is 39.7 Å². The summed E-state index contributed by atoms with van der Waals surface area (Å²) in [5, 5.41) is 6.52. The number of hydrogen-bond donors (Lipinski definition) is 3. The van der Waals surface area contributed by atoms with Crippen molar-refractivity contribution in [3.8, 4) is 0 Å². The number of amides is 2. The standard InChI is InChI=1S/C30H39N5O2.C30H42N2O2/c1-30(2)16-14-21(15-17-30)24-18-22(20-6-9-23(10-7-20)32-19-28(36)35(4)5)8-11-25(24)34-29(37)26-12-13-27(31-3)33-26;1-22-21-31-28(32-22)27(33)19-24-9-10-25(20-26(24)23-11-16-29(2,3)17-12-23)30(15-8-18-34-4)13-6-5-7-14-30/h8,11,13-14,18,20,23,32H,6-7,9-10,12,15-17,19H2,1-2,4-5H3,(H,34,37);9-11,20-21H,5-8,12-19H2,1-4H3,(H,31,32). The second kappa shape index (κ2) is 23.9. The Morgan fingerprint density at radius 1 is 0.873 bits per heavy atom. The number of allylic oxidation sites excluding steroid dienone is 5. The second-order valence-corrected chi connectivity index (χ2v) is 22.9. The summed E-state index contributed by atoms with van der Waals surface area (Å²) in [5.41, 5.74) is 12.0. The fourth-order valence-electron chi connectivity index (χ4n) is 11.3. The summed E-state index contributed by atoms with van der Waals surface area (Å²) in [6.07, 6.45) is 28.4. The van der Waals surface area contributed by atoms with E-state index in [-0.39, 0.29) is 28.8 Å². The monoisotopic (exact) mass is 964 g/mol. The number of aromatic nitrogens is 2. The molecule has 2 fully saturated rings. The first-order valence-corrected chi connectivity index (χ1v) is 26.6. The molecule has 3 aromatic rings.